The Kier molecular flexibility index (Phi) is 2.80. The van der Waals surface area contributed by atoms with Crippen molar-refractivity contribution in [2.45, 2.75) is 38.6 Å². The maximum atomic E-state index is 5.36. The van der Waals surface area contributed by atoms with E-state index in [0.29, 0.717) is 18.5 Å². The highest BCUT2D eigenvalue weighted by Crippen LogP contribution is 2.41. The lowest BCUT2D eigenvalue weighted by atomic mass is 10.4. The first-order valence-corrected chi connectivity index (χ1v) is 6.73. The zero-order valence-electron chi connectivity index (χ0n) is 9.64. The van der Waals surface area contributed by atoms with Crippen LogP contribution in [0.3, 0.4) is 0 Å². The molecule has 0 atom stereocenters. The molecule has 1 saturated carbocycles. The molecule has 2 aromatic rings. The lowest BCUT2D eigenvalue weighted by molar-refractivity contribution is 0.511. The van der Waals surface area contributed by atoms with Crippen LogP contribution in [-0.4, -0.2) is 15.2 Å². The average molecular weight is 250 g/mol. The number of thiazole rings is 1. The predicted octanol–water partition coefficient (Wildman–Crippen LogP) is 2.58. The van der Waals surface area contributed by atoms with Crippen molar-refractivity contribution in [1.82, 2.24) is 15.2 Å². The predicted molar refractivity (Wildman–Crippen MR) is 65.1 cm³/mol. The molecule has 90 valence electrons. The average Bonchev–Trinajstić information content (AvgIpc) is 2.93. The summed E-state index contributed by atoms with van der Waals surface area (Å²) in [5.41, 5.74) is 1.05. The fourth-order valence-electron chi connectivity index (χ4n) is 1.56. The SMILES string of the molecule is CCc1nnc(NCc2csc(C3CC3)n2)o1. The number of rotatable bonds is 5. The smallest absolute Gasteiger partial charge is 0.315 e. The second-order valence-corrected chi connectivity index (χ2v) is 5.05. The fourth-order valence-corrected chi connectivity index (χ4v) is 2.55. The van der Waals surface area contributed by atoms with Crippen molar-refractivity contribution in [2.75, 3.05) is 5.32 Å². The largest absolute Gasteiger partial charge is 0.408 e. The van der Waals surface area contributed by atoms with Crippen LogP contribution in [0.25, 0.3) is 0 Å². The van der Waals surface area contributed by atoms with E-state index in [0.717, 1.165) is 18.0 Å². The van der Waals surface area contributed by atoms with Gasteiger partial charge in [0.15, 0.2) is 0 Å². The third-order valence-corrected chi connectivity index (χ3v) is 3.74. The van der Waals surface area contributed by atoms with Gasteiger partial charge in [-0.05, 0) is 12.8 Å². The number of hydrogen-bond donors (Lipinski definition) is 1. The maximum absolute atomic E-state index is 5.36. The molecule has 2 heterocycles. The number of nitrogens with one attached hydrogen (secondary N) is 1. The van der Waals surface area contributed by atoms with Crippen molar-refractivity contribution in [2.24, 2.45) is 0 Å². The quantitative estimate of drug-likeness (QED) is 0.883. The van der Waals surface area contributed by atoms with E-state index in [2.05, 4.69) is 25.9 Å². The summed E-state index contributed by atoms with van der Waals surface area (Å²) in [5, 5.41) is 14.3. The zero-order chi connectivity index (χ0) is 11.7. The second kappa shape index (κ2) is 4.44. The van der Waals surface area contributed by atoms with Gasteiger partial charge in [-0.2, -0.15) is 0 Å². The highest BCUT2D eigenvalue weighted by molar-refractivity contribution is 7.09. The first-order chi connectivity index (χ1) is 8.35. The lowest BCUT2D eigenvalue weighted by Crippen LogP contribution is -2.00. The molecule has 1 aliphatic rings. The molecule has 3 rings (SSSR count). The molecule has 6 heteroatoms. The zero-order valence-corrected chi connectivity index (χ0v) is 10.5. The van der Waals surface area contributed by atoms with Crippen molar-refractivity contribution >= 4 is 17.4 Å². The molecular weight excluding hydrogens is 236 g/mol. The number of anilines is 1. The van der Waals surface area contributed by atoms with Crippen molar-refractivity contribution in [3.8, 4) is 0 Å². The molecule has 0 spiro atoms. The second-order valence-electron chi connectivity index (χ2n) is 4.16. The van der Waals surface area contributed by atoms with Crippen LogP contribution >= 0.6 is 11.3 Å². The minimum Gasteiger partial charge on any atom is -0.408 e. The summed E-state index contributed by atoms with van der Waals surface area (Å²) in [7, 11) is 0. The Hall–Kier alpha value is -1.43. The highest BCUT2D eigenvalue weighted by atomic mass is 32.1. The number of hydrogen-bond acceptors (Lipinski definition) is 6. The van der Waals surface area contributed by atoms with Gasteiger partial charge in [0.2, 0.25) is 5.89 Å². The first kappa shape index (κ1) is 10.7. The van der Waals surface area contributed by atoms with Gasteiger partial charge in [0.25, 0.3) is 0 Å². The summed E-state index contributed by atoms with van der Waals surface area (Å²) in [6.07, 6.45) is 3.35. The minimum absolute atomic E-state index is 0.475. The molecule has 0 aromatic carbocycles. The third kappa shape index (κ3) is 2.46. The molecular formula is C11H14N4OS. The molecule has 2 aromatic heterocycles. The number of nitrogens with zero attached hydrogens (tertiary/aromatic N) is 3. The van der Waals surface area contributed by atoms with Gasteiger partial charge in [-0.1, -0.05) is 12.0 Å². The van der Waals surface area contributed by atoms with Gasteiger partial charge in [-0.3, -0.25) is 0 Å². The molecule has 1 aliphatic carbocycles. The summed E-state index contributed by atoms with van der Waals surface area (Å²) >= 11 is 1.75. The van der Waals surface area contributed by atoms with Gasteiger partial charge < -0.3 is 9.73 Å². The Bertz CT molecular complexity index is 503. The van der Waals surface area contributed by atoms with E-state index in [4.69, 9.17) is 4.42 Å². The van der Waals surface area contributed by atoms with Gasteiger partial charge in [-0.25, -0.2) is 4.98 Å². The van der Waals surface area contributed by atoms with E-state index in [1.807, 2.05) is 6.92 Å². The Morgan fingerprint density at radius 1 is 1.47 bits per heavy atom. The summed E-state index contributed by atoms with van der Waals surface area (Å²) in [4.78, 5) is 4.58. The van der Waals surface area contributed by atoms with Gasteiger partial charge in [0, 0.05) is 17.7 Å². The molecule has 17 heavy (non-hydrogen) atoms. The molecule has 0 unspecified atom stereocenters. The Morgan fingerprint density at radius 3 is 3.06 bits per heavy atom. The van der Waals surface area contributed by atoms with Crippen LogP contribution < -0.4 is 5.32 Å². The van der Waals surface area contributed by atoms with E-state index >= 15 is 0 Å². The molecule has 1 N–H and O–H groups in total. The van der Waals surface area contributed by atoms with Crippen LogP contribution in [-0.2, 0) is 13.0 Å². The van der Waals surface area contributed by atoms with E-state index in [-0.39, 0.29) is 0 Å². The summed E-state index contributed by atoms with van der Waals surface area (Å²) in [5.74, 6) is 1.38. The molecule has 1 fully saturated rings. The number of aromatic nitrogens is 3. The Balaban J connectivity index is 1.58. The van der Waals surface area contributed by atoms with Gasteiger partial charge in [-0.15, -0.1) is 16.4 Å². The molecule has 0 aliphatic heterocycles. The minimum atomic E-state index is 0.475. The molecule has 5 nitrogen and oxygen atoms in total. The summed E-state index contributed by atoms with van der Waals surface area (Å²) in [6.45, 7) is 2.63. The van der Waals surface area contributed by atoms with Crippen LogP contribution in [0.15, 0.2) is 9.80 Å². The Morgan fingerprint density at radius 2 is 2.35 bits per heavy atom. The molecule has 0 bridgehead atoms. The van der Waals surface area contributed by atoms with E-state index < -0.39 is 0 Å². The van der Waals surface area contributed by atoms with Crippen molar-refractivity contribution < 1.29 is 4.42 Å². The van der Waals surface area contributed by atoms with Gasteiger partial charge >= 0.3 is 6.01 Å². The van der Waals surface area contributed by atoms with E-state index in [9.17, 15) is 0 Å². The van der Waals surface area contributed by atoms with Crippen LogP contribution in [0.4, 0.5) is 6.01 Å². The van der Waals surface area contributed by atoms with Crippen LogP contribution in [0.5, 0.6) is 0 Å². The number of aryl methyl sites for hydroxylation is 1. The highest BCUT2D eigenvalue weighted by Gasteiger charge is 2.26. The monoisotopic (exact) mass is 250 g/mol. The molecule has 0 saturated heterocycles. The van der Waals surface area contributed by atoms with E-state index in [1.54, 1.807) is 11.3 Å². The van der Waals surface area contributed by atoms with Crippen molar-refractivity contribution in [1.29, 1.82) is 0 Å². The Labute approximate surface area is 103 Å². The van der Waals surface area contributed by atoms with Crippen LogP contribution in [0.2, 0.25) is 0 Å². The normalized spacial score (nSPS) is 15.1. The maximum Gasteiger partial charge on any atom is 0.315 e. The fraction of sp³-hybridized carbons (Fsp3) is 0.545. The topological polar surface area (TPSA) is 63.8 Å². The molecule has 0 radical (unpaired) electrons. The standard InChI is InChI=1S/C11H14N4OS/c1-2-9-14-15-11(16-9)12-5-8-6-17-10(13-8)7-3-4-7/h6-7H,2-5H2,1H3,(H,12,15). The van der Waals surface area contributed by atoms with Crippen molar-refractivity contribution in [3.05, 3.63) is 22.0 Å². The summed E-state index contributed by atoms with van der Waals surface area (Å²) in [6, 6.07) is 0.475. The summed E-state index contributed by atoms with van der Waals surface area (Å²) < 4.78 is 5.36. The first-order valence-electron chi connectivity index (χ1n) is 5.85. The van der Waals surface area contributed by atoms with Crippen LogP contribution in [0, 0.1) is 0 Å². The third-order valence-electron chi connectivity index (χ3n) is 2.69. The lowest BCUT2D eigenvalue weighted by Gasteiger charge is -1.96. The van der Waals surface area contributed by atoms with Gasteiger partial charge in [0.05, 0.1) is 17.2 Å². The molecule has 0 amide bonds. The van der Waals surface area contributed by atoms with E-state index in [1.165, 1.54) is 17.8 Å². The van der Waals surface area contributed by atoms with Crippen LogP contribution in [0.1, 0.15) is 42.3 Å². The van der Waals surface area contributed by atoms with Crippen molar-refractivity contribution in [3.63, 3.8) is 0 Å². The van der Waals surface area contributed by atoms with Gasteiger partial charge in [0.1, 0.15) is 0 Å².